The first-order valence-corrected chi connectivity index (χ1v) is 9.93. The van der Waals surface area contributed by atoms with Crippen molar-refractivity contribution in [3.63, 3.8) is 0 Å². The summed E-state index contributed by atoms with van der Waals surface area (Å²) < 4.78 is 15.5. The molecular weight excluding hydrogens is 375 g/mol. The van der Waals surface area contributed by atoms with E-state index >= 15 is 0 Å². The van der Waals surface area contributed by atoms with Gasteiger partial charge in [0, 0.05) is 37.6 Å². The van der Waals surface area contributed by atoms with Crippen molar-refractivity contribution >= 4 is 36.5 Å². The Morgan fingerprint density at radius 2 is 1.80 bits per heavy atom. The maximum Gasteiger partial charge on any atom is 0.470 e. The molecule has 12 heteroatoms. The van der Waals surface area contributed by atoms with E-state index in [1.165, 1.54) is 20.8 Å². The number of thioether (sulfide) groups is 1. The summed E-state index contributed by atoms with van der Waals surface area (Å²) in [5, 5.41) is 14.1. The van der Waals surface area contributed by atoms with Crippen molar-refractivity contribution < 1.29 is 38.4 Å². The number of aliphatic hydroxyl groups is 1. The third-order valence-electron chi connectivity index (χ3n) is 2.98. The van der Waals surface area contributed by atoms with Gasteiger partial charge in [-0.3, -0.25) is 18.9 Å². The number of phosphoric ester groups is 1. The van der Waals surface area contributed by atoms with Gasteiger partial charge in [-0.1, -0.05) is 25.6 Å². The van der Waals surface area contributed by atoms with Crippen molar-refractivity contribution in [3.05, 3.63) is 0 Å². The Balaban J connectivity index is 4.41. The van der Waals surface area contributed by atoms with Gasteiger partial charge >= 0.3 is 7.82 Å². The highest BCUT2D eigenvalue weighted by atomic mass is 32.2. The van der Waals surface area contributed by atoms with Gasteiger partial charge in [-0.05, 0) is 0 Å². The first-order valence-electron chi connectivity index (χ1n) is 7.41. The van der Waals surface area contributed by atoms with Crippen LogP contribution in [0.25, 0.3) is 0 Å². The van der Waals surface area contributed by atoms with Gasteiger partial charge in [0.1, 0.15) is 0 Å². The molecule has 10 nitrogen and oxygen atoms in total. The molecular formula is C13H25N2O8PS. The van der Waals surface area contributed by atoms with Gasteiger partial charge in [-0.2, -0.15) is 0 Å². The van der Waals surface area contributed by atoms with Crippen LogP contribution in [0, 0.1) is 5.41 Å². The summed E-state index contributed by atoms with van der Waals surface area (Å²) in [6, 6.07) is 0. The molecule has 0 unspecified atom stereocenters. The van der Waals surface area contributed by atoms with Crippen molar-refractivity contribution in [2.75, 3.05) is 25.4 Å². The van der Waals surface area contributed by atoms with Crippen LogP contribution in [-0.2, 0) is 23.5 Å². The first kappa shape index (κ1) is 24.0. The second kappa shape index (κ2) is 10.9. The van der Waals surface area contributed by atoms with Crippen molar-refractivity contribution in [2.24, 2.45) is 5.41 Å². The predicted molar refractivity (Wildman–Crippen MR) is 91.6 cm³/mol. The molecule has 0 aromatic rings. The summed E-state index contributed by atoms with van der Waals surface area (Å²) in [6.07, 6.45) is -1.65. The molecule has 0 rings (SSSR count). The third kappa shape index (κ3) is 11.3. The maximum absolute atomic E-state index is 12.1. The number of hydrogen-bond donors (Lipinski definition) is 5. The molecule has 0 spiro atoms. The fraction of sp³-hybridized carbons (Fsp3) is 0.769. The van der Waals surface area contributed by atoms with Crippen molar-refractivity contribution in [2.45, 2.75) is 33.3 Å². The molecule has 0 heterocycles. The van der Waals surface area contributed by atoms with Crippen LogP contribution in [0.5, 0.6) is 0 Å². The van der Waals surface area contributed by atoms with E-state index in [4.69, 9.17) is 9.79 Å². The summed E-state index contributed by atoms with van der Waals surface area (Å²) >= 11 is 1.08. The topological polar surface area (TPSA) is 162 Å². The van der Waals surface area contributed by atoms with Crippen LogP contribution in [0.3, 0.4) is 0 Å². The van der Waals surface area contributed by atoms with Crippen LogP contribution in [0.15, 0.2) is 0 Å². The molecule has 0 aliphatic heterocycles. The van der Waals surface area contributed by atoms with E-state index < -0.39 is 31.9 Å². The molecule has 25 heavy (non-hydrogen) atoms. The average Bonchev–Trinajstić information content (AvgIpc) is 2.48. The number of aliphatic hydroxyl groups excluding tert-OH is 1. The van der Waals surface area contributed by atoms with Gasteiger partial charge in [0.2, 0.25) is 11.8 Å². The van der Waals surface area contributed by atoms with Gasteiger partial charge in [0.05, 0.1) is 6.61 Å². The first-order chi connectivity index (χ1) is 11.4. The second-order valence-corrected chi connectivity index (χ2v) is 8.32. The molecule has 5 N–H and O–H groups in total. The highest BCUT2D eigenvalue weighted by Gasteiger charge is 2.40. The number of phosphoric acid groups is 1. The minimum absolute atomic E-state index is 0.0518. The number of rotatable bonds is 11. The summed E-state index contributed by atoms with van der Waals surface area (Å²) in [7, 11) is -4.94. The Morgan fingerprint density at radius 1 is 1.20 bits per heavy atom. The Kier molecular flexibility index (Phi) is 10.5. The highest BCUT2D eigenvalue weighted by molar-refractivity contribution is 8.13. The SMILES string of the molecule is CC(=O)SCCNC(=O)CCNC(=O)[C@H](OP(=O)(O)O)C(C)(C)CO. The molecule has 1 atom stereocenters. The minimum Gasteiger partial charge on any atom is -0.396 e. The van der Waals surface area contributed by atoms with Gasteiger partial charge in [0.15, 0.2) is 11.2 Å². The predicted octanol–water partition coefficient (Wildman–Crippen LogP) is -0.615. The molecule has 0 aromatic heterocycles. The molecule has 0 radical (unpaired) electrons. The molecule has 0 aromatic carbocycles. The molecule has 0 saturated heterocycles. The number of carbonyl (C=O) groups excluding carboxylic acids is 3. The number of carbonyl (C=O) groups is 3. The van der Waals surface area contributed by atoms with Crippen LogP contribution < -0.4 is 10.6 Å². The summed E-state index contributed by atoms with van der Waals surface area (Å²) in [5.74, 6) is -0.753. The minimum atomic E-state index is -4.94. The van der Waals surface area contributed by atoms with Gasteiger partial charge < -0.3 is 25.5 Å². The van der Waals surface area contributed by atoms with Gasteiger partial charge in [0.25, 0.3) is 0 Å². The van der Waals surface area contributed by atoms with Crippen molar-refractivity contribution in [1.82, 2.24) is 10.6 Å². The molecule has 0 fully saturated rings. The monoisotopic (exact) mass is 400 g/mol. The Hall–Kier alpha value is -0.970. The summed E-state index contributed by atoms with van der Waals surface area (Å²) in [6.45, 7) is 3.93. The quantitative estimate of drug-likeness (QED) is 0.225. The standard InChI is InChI=1S/C13H25N2O8PS/c1-9(17)25-7-6-14-10(18)4-5-15-12(19)11(13(2,3)8-16)23-24(20,21)22/h11,16H,4-8H2,1-3H3,(H,14,18)(H,15,19)(H2,20,21,22)/t11-/m0/s1. The molecule has 146 valence electrons. The van der Waals surface area contributed by atoms with Crippen LogP contribution >= 0.6 is 19.6 Å². The smallest absolute Gasteiger partial charge is 0.396 e. The lowest BCUT2D eigenvalue weighted by Gasteiger charge is -2.31. The third-order valence-corrected chi connectivity index (χ3v) is 4.28. The largest absolute Gasteiger partial charge is 0.470 e. The zero-order chi connectivity index (χ0) is 19.7. The number of hydrogen-bond acceptors (Lipinski definition) is 7. The second-order valence-electron chi connectivity index (χ2n) is 5.85. The van der Waals surface area contributed by atoms with Crippen LogP contribution in [0.1, 0.15) is 27.2 Å². The van der Waals surface area contributed by atoms with E-state index in [-0.39, 0.29) is 24.0 Å². The zero-order valence-electron chi connectivity index (χ0n) is 14.4. The average molecular weight is 400 g/mol. The lowest BCUT2D eigenvalue weighted by atomic mass is 9.87. The van der Waals surface area contributed by atoms with Crippen LogP contribution in [0.2, 0.25) is 0 Å². The van der Waals surface area contributed by atoms with Crippen LogP contribution in [-0.4, -0.2) is 63.4 Å². The number of amides is 2. The van der Waals surface area contributed by atoms with E-state index in [0.29, 0.717) is 12.3 Å². The van der Waals surface area contributed by atoms with Gasteiger partial charge in [-0.15, -0.1) is 0 Å². The fourth-order valence-corrected chi connectivity index (χ4v) is 2.78. The molecule has 0 saturated carbocycles. The van der Waals surface area contributed by atoms with E-state index in [0.717, 1.165) is 11.8 Å². The molecule has 2 amide bonds. The van der Waals surface area contributed by atoms with Crippen LogP contribution in [0.4, 0.5) is 0 Å². The molecule has 0 aliphatic rings. The van der Waals surface area contributed by atoms with E-state index in [2.05, 4.69) is 15.2 Å². The van der Waals surface area contributed by atoms with E-state index in [9.17, 15) is 24.1 Å². The van der Waals surface area contributed by atoms with Crippen molar-refractivity contribution in [3.8, 4) is 0 Å². The highest BCUT2D eigenvalue weighted by Crippen LogP contribution is 2.41. The molecule has 0 aliphatic carbocycles. The summed E-state index contributed by atoms with van der Waals surface area (Å²) in [5.41, 5.74) is -1.24. The molecule has 0 bridgehead atoms. The van der Waals surface area contributed by atoms with E-state index in [1.54, 1.807) is 0 Å². The number of nitrogens with one attached hydrogen (secondary N) is 2. The Labute approximate surface area is 150 Å². The maximum atomic E-state index is 12.1. The zero-order valence-corrected chi connectivity index (χ0v) is 16.1. The van der Waals surface area contributed by atoms with Crippen molar-refractivity contribution in [1.29, 1.82) is 0 Å². The van der Waals surface area contributed by atoms with Gasteiger partial charge in [-0.25, -0.2) is 4.57 Å². The lowest BCUT2D eigenvalue weighted by Crippen LogP contribution is -2.47. The Morgan fingerprint density at radius 3 is 2.28 bits per heavy atom. The van der Waals surface area contributed by atoms with E-state index in [1.807, 2.05) is 0 Å². The summed E-state index contributed by atoms with van der Waals surface area (Å²) in [4.78, 5) is 52.2. The normalized spacial score (nSPS) is 13.2. The Bertz CT molecular complexity index is 522. The fourth-order valence-electron chi connectivity index (χ4n) is 1.63. The lowest BCUT2D eigenvalue weighted by molar-refractivity contribution is -0.136.